The second-order valence-corrected chi connectivity index (χ2v) is 3.22. The largest absolute Gasteiger partial charge is 0.459 e. The van der Waals surface area contributed by atoms with Crippen LogP contribution in [0.1, 0.15) is 32.1 Å². The van der Waals surface area contributed by atoms with E-state index in [2.05, 4.69) is 0 Å². The van der Waals surface area contributed by atoms with E-state index < -0.39 is 18.2 Å². The topological polar surface area (TPSA) is 70.3 Å². The van der Waals surface area contributed by atoms with Gasteiger partial charge in [-0.25, -0.2) is 0 Å². The Morgan fingerprint density at radius 2 is 2.23 bits per heavy atom. The van der Waals surface area contributed by atoms with Crippen molar-refractivity contribution in [2.24, 2.45) is 0 Å². The maximum absolute atomic E-state index is 10.9. The van der Waals surface area contributed by atoms with Crippen molar-refractivity contribution in [2.45, 2.75) is 44.3 Å². The maximum Gasteiger partial charge on any atom is 0.320 e. The first kappa shape index (κ1) is 10.0. The Morgan fingerprint density at radius 1 is 1.54 bits per heavy atom. The summed E-state index contributed by atoms with van der Waals surface area (Å²) in [4.78, 5) is 10.9. The highest BCUT2D eigenvalue weighted by Gasteiger charge is 2.26. The SMILES string of the molecule is N#CCC(=O)O[C@@H]1CCCC[C@@H]1O. The van der Waals surface area contributed by atoms with Crippen LogP contribution in [0.2, 0.25) is 0 Å². The number of carbonyl (C=O) groups excluding carboxylic acids is 1. The van der Waals surface area contributed by atoms with Gasteiger partial charge >= 0.3 is 5.97 Å². The molecule has 0 spiro atoms. The number of nitrogens with zero attached hydrogens (tertiary/aromatic N) is 1. The molecular weight excluding hydrogens is 170 g/mol. The molecule has 0 saturated heterocycles. The molecule has 0 aromatic heterocycles. The summed E-state index contributed by atoms with van der Waals surface area (Å²) in [6.45, 7) is 0. The Hall–Kier alpha value is -1.08. The van der Waals surface area contributed by atoms with Crippen LogP contribution in [-0.4, -0.2) is 23.3 Å². The molecule has 4 heteroatoms. The lowest BCUT2D eigenvalue weighted by Crippen LogP contribution is -2.33. The average molecular weight is 183 g/mol. The molecule has 72 valence electrons. The second kappa shape index (κ2) is 4.83. The molecule has 0 bridgehead atoms. The first-order chi connectivity index (χ1) is 6.24. The summed E-state index contributed by atoms with van der Waals surface area (Å²) in [7, 11) is 0. The molecule has 0 heterocycles. The number of aliphatic hydroxyl groups excluding tert-OH is 1. The molecule has 0 unspecified atom stereocenters. The van der Waals surface area contributed by atoms with Crippen LogP contribution in [0, 0.1) is 11.3 Å². The van der Waals surface area contributed by atoms with Gasteiger partial charge < -0.3 is 9.84 Å². The number of esters is 1. The van der Waals surface area contributed by atoms with Crippen LogP contribution in [0.4, 0.5) is 0 Å². The fourth-order valence-electron chi connectivity index (χ4n) is 1.49. The number of carbonyl (C=O) groups is 1. The standard InChI is InChI=1S/C9H13NO3/c10-6-5-9(12)13-8-4-2-1-3-7(8)11/h7-8,11H,1-5H2/t7-,8+/m0/s1. The van der Waals surface area contributed by atoms with Crippen molar-refractivity contribution in [3.8, 4) is 6.07 Å². The average Bonchev–Trinajstić information content (AvgIpc) is 2.09. The molecule has 1 saturated carbocycles. The van der Waals surface area contributed by atoms with E-state index >= 15 is 0 Å². The third-order valence-corrected chi connectivity index (χ3v) is 2.17. The predicted octanol–water partition coefficient (Wildman–Crippen LogP) is 0.747. The molecule has 0 aromatic carbocycles. The first-order valence-electron chi connectivity index (χ1n) is 4.48. The van der Waals surface area contributed by atoms with E-state index in [0.717, 1.165) is 12.8 Å². The Morgan fingerprint density at radius 3 is 2.85 bits per heavy atom. The van der Waals surface area contributed by atoms with Crippen LogP contribution in [0.15, 0.2) is 0 Å². The van der Waals surface area contributed by atoms with Gasteiger partial charge in [-0.05, 0) is 19.3 Å². The molecule has 1 aliphatic carbocycles. The predicted molar refractivity (Wildman–Crippen MR) is 44.6 cm³/mol. The van der Waals surface area contributed by atoms with Crippen molar-refractivity contribution in [3.05, 3.63) is 0 Å². The Balaban J connectivity index is 2.34. The number of aliphatic hydroxyl groups is 1. The summed E-state index contributed by atoms with van der Waals surface area (Å²) >= 11 is 0. The minimum Gasteiger partial charge on any atom is -0.459 e. The van der Waals surface area contributed by atoms with Crippen molar-refractivity contribution in [1.29, 1.82) is 5.26 Å². The fraction of sp³-hybridized carbons (Fsp3) is 0.778. The molecule has 0 aliphatic heterocycles. The van der Waals surface area contributed by atoms with Crippen LogP contribution in [-0.2, 0) is 9.53 Å². The molecule has 1 aliphatic rings. The number of nitriles is 1. The van der Waals surface area contributed by atoms with Crippen LogP contribution in [0.3, 0.4) is 0 Å². The van der Waals surface area contributed by atoms with Crippen molar-refractivity contribution in [1.82, 2.24) is 0 Å². The van der Waals surface area contributed by atoms with Gasteiger partial charge in [0.05, 0.1) is 12.2 Å². The van der Waals surface area contributed by atoms with E-state index in [-0.39, 0.29) is 6.42 Å². The van der Waals surface area contributed by atoms with E-state index in [0.29, 0.717) is 12.8 Å². The van der Waals surface area contributed by atoms with Gasteiger partial charge in [0.15, 0.2) is 0 Å². The smallest absolute Gasteiger partial charge is 0.320 e. The Kier molecular flexibility index (Phi) is 3.71. The monoisotopic (exact) mass is 183 g/mol. The van der Waals surface area contributed by atoms with Gasteiger partial charge in [-0.15, -0.1) is 0 Å². The minimum absolute atomic E-state index is 0.233. The quantitative estimate of drug-likeness (QED) is 0.641. The first-order valence-corrected chi connectivity index (χ1v) is 4.48. The lowest BCUT2D eigenvalue weighted by molar-refractivity contribution is -0.156. The van der Waals surface area contributed by atoms with E-state index in [1.807, 2.05) is 0 Å². The van der Waals surface area contributed by atoms with Crippen LogP contribution in [0.5, 0.6) is 0 Å². The number of rotatable bonds is 2. The Labute approximate surface area is 77.1 Å². The molecule has 13 heavy (non-hydrogen) atoms. The van der Waals surface area contributed by atoms with Crippen LogP contribution >= 0.6 is 0 Å². The lowest BCUT2D eigenvalue weighted by atomic mass is 9.95. The van der Waals surface area contributed by atoms with Gasteiger partial charge in [0.1, 0.15) is 12.5 Å². The number of hydrogen-bond donors (Lipinski definition) is 1. The van der Waals surface area contributed by atoms with Crippen molar-refractivity contribution < 1.29 is 14.6 Å². The molecular formula is C9H13NO3. The zero-order chi connectivity index (χ0) is 9.68. The summed E-state index contributed by atoms with van der Waals surface area (Å²) in [5.74, 6) is -0.534. The summed E-state index contributed by atoms with van der Waals surface area (Å²) in [5.41, 5.74) is 0. The van der Waals surface area contributed by atoms with Gasteiger partial charge in [-0.2, -0.15) is 5.26 Å². The summed E-state index contributed by atoms with van der Waals surface area (Å²) < 4.78 is 4.93. The number of hydrogen-bond acceptors (Lipinski definition) is 4. The maximum atomic E-state index is 10.9. The second-order valence-electron chi connectivity index (χ2n) is 3.22. The summed E-state index contributed by atoms with van der Waals surface area (Å²) in [6.07, 6.45) is 2.17. The summed E-state index contributed by atoms with van der Waals surface area (Å²) in [6, 6.07) is 1.72. The molecule has 1 rings (SSSR count). The van der Waals surface area contributed by atoms with E-state index in [1.54, 1.807) is 6.07 Å². The fourth-order valence-corrected chi connectivity index (χ4v) is 1.49. The van der Waals surface area contributed by atoms with Crippen molar-refractivity contribution in [3.63, 3.8) is 0 Å². The highest BCUT2D eigenvalue weighted by atomic mass is 16.6. The van der Waals surface area contributed by atoms with Gasteiger partial charge in [-0.3, -0.25) is 4.79 Å². The third-order valence-electron chi connectivity index (χ3n) is 2.17. The van der Waals surface area contributed by atoms with E-state index in [1.165, 1.54) is 0 Å². The van der Waals surface area contributed by atoms with Gasteiger partial charge in [0.2, 0.25) is 0 Å². The van der Waals surface area contributed by atoms with Crippen molar-refractivity contribution >= 4 is 5.97 Å². The van der Waals surface area contributed by atoms with Gasteiger partial charge in [0, 0.05) is 0 Å². The zero-order valence-electron chi connectivity index (χ0n) is 7.40. The molecule has 2 atom stereocenters. The van der Waals surface area contributed by atoms with E-state index in [9.17, 15) is 9.90 Å². The lowest BCUT2D eigenvalue weighted by Gasteiger charge is -2.26. The van der Waals surface area contributed by atoms with Gasteiger partial charge in [0.25, 0.3) is 0 Å². The zero-order valence-corrected chi connectivity index (χ0v) is 7.40. The number of ether oxygens (including phenoxy) is 1. The van der Waals surface area contributed by atoms with Gasteiger partial charge in [-0.1, -0.05) is 6.42 Å². The van der Waals surface area contributed by atoms with Crippen LogP contribution in [0.25, 0.3) is 0 Å². The normalized spacial score (nSPS) is 27.7. The van der Waals surface area contributed by atoms with Crippen LogP contribution < -0.4 is 0 Å². The molecule has 1 fully saturated rings. The van der Waals surface area contributed by atoms with Crippen molar-refractivity contribution in [2.75, 3.05) is 0 Å². The third kappa shape index (κ3) is 3.03. The van der Waals surface area contributed by atoms with E-state index in [4.69, 9.17) is 10.00 Å². The highest BCUT2D eigenvalue weighted by Crippen LogP contribution is 2.21. The Bertz CT molecular complexity index is 221. The molecule has 1 N–H and O–H groups in total. The summed E-state index contributed by atoms with van der Waals surface area (Å²) in [5, 5.41) is 17.6. The molecule has 0 radical (unpaired) electrons. The molecule has 0 amide bonds. The molecule has 0 aromatic rings. The minimum atomic E-state index is -0.545. The molecule has 4 nitrogen and oxygen atoms in total. The highest BCUT2D eigenvalue weighted by molar-refractivity contribution is 5.71.